The number of aliphatic hydroxyl groups is 1. The van der Waals surface area contributed by atoms with Crippen LogP contribution < -0.4 is 10.1 Å². The standard InChI is InChI=1S/C11H15NO2S/c13-11(2-1-3-11)8-7-15-9-6-12-4-5-14-10(8)9/h7,12-13H,1-6H2. The third-order valence-electron chi connectivity index (χ3n) is 3.31. The van der Waals surface area contributed by atoms with Gasteiger partial charge in [0.2, 0.25) is 0 Å². The zero-order chi connectivity index (χ0) is 10.3. The summed E-state index contributed by atoms with van der Waals surface area (Å²) in [5.41, 5.74) is 0.437. The average Bonchev–Trinajstić information content (AvgIpc) is 2.44. The molecular formula is C11H15NO2S. The highest BCUT2D eigenvalue weighted by molar-refractivity contribution is 7.10. The highest BCUT2D eigenvalue weighted by Gasteiger charge is 2.40. The van der Waals surface area contributed by atoms with Crippen LogP contribution in [0.5, 0.6) is 5.75 Å². The second kappa shape index (κ2) is 3.47. The largest absolute Gasteiger partial charge is 0.491 e. The van der Waals surface area contributed by atoms with Crippen LogP contribution in [0.2, 0.25) is 0 Å². The predicted molar refractivity (Wildman–Crippen MR) is 59.3 cm³/mol. The van der Waals surface area contributed by atoms with Crippen LogP contribution in [0.3, 0.4) is 0 Å². The lowest BCUT2D eigenvalue weighted by Gasteiger charge is -2.36. The molecule has 1 fully saturated rings. The maximum absolute atomic E-state index is 10.3. The minimum atomic E-state index is -0.589. The molecule has 2 N–H and O–H groups in total. The number of fused-ring (bicyclic) bond motifs is 1. The van der Waals surface area contributed by atoms with Gasteiger partial charge < -0.3 is 15.2 Å². The normalized spacial score (nSPS) is 23.5. The fraction of sp³-hybridized carbons (Fsp3) is 0.636. The summed E-state index contributed by atoms with van der Waals surface area (Å²) >= 11 is 1.69. The molecule has 0 unspecified atom stereocenters. The summed E-state index contributed by atoms with van der Waals surface area (Å²) in [6.07, 6.45) is 2.89. The summed E-state index contributed by atoms with van der Waals surface area (Å²) in [5.74, 6) is 0.951. The summed E-state index contributed by atoms with van der Waals surface area (Å²) in [6, 6.07) is 0. The molecule has 0 spiro atoms. The van der Waals surface area contributed by atoms with Gasteiger partial charge in [0.05, 0.1) is 10.5 Å². The Bertz CT molecular complexity index is 371. The second-order valence-electron chi connectivity index (χ2n) is 4.31. The summed E-state index contributed by atoms with van der Waals surface area (Å²) in [5, 5.41) is 15.7. The number of nitrogens with one attached hydrogen (secondary N) is 1. The lowest BCUT2D eigenvalue weighted by atomic mass is 9.76. The Morgan fingerprint density at radius 1 is 1.47 bits per heavy atom. The van der Waals surface area contributed by atoms with E-state index in [-0.39, 0.29) is 0 Å². The third kappa shape index (κ3) is 1.48. The Morgan fingerprint density at radius 3 is 3.07 bits per heavy atom. The maximum Gasteiger partial charge on any atom is 0.140 e. The van der Waals surface area contributed by atoms with Crippen LogP contribution in [0.1, 0.15) is 29.7 Å². The fourth-order valence-corrected chi connectivity index (χ4v) is 3.24. The molecule has 0 amide bonds. The van der Waals surface area contributed by atoms with Crippen molar-refractivity contribution < 1.29 is 9.84 Å². The molecule has 82 valence electrons. The van der Waals surface area contributed by atoms with E-state index >= 15 is 0 Å². The van der Waals surface area contributed by atoms with Crippen molar-refractivity contribution in [2.75, 3.05) is 13.2 Å². The lowest BCUT2D eigenvalue weighted by Crippen LogP contribution is -2.33. The minimum absolute atomic E-state index is 0.589. The molecular weight excluding hydrogens is 210 g/mol. The van der Waals surface area contributed by atoms with Gasteiger partial charge in [-0.1, -0.05) is 0 Å². The van der Waals surface area contributed by atoms with Gasteiger partial charge in [-0.25, -0.2) is 0 Å². The molecule has 0 bridgehead atoms. The number of ether oxygens (including phenoxy) is 1. The van der Waals surface area contributed by atoms with Gasteiger partial charge in [0.15, 0.2) is 0 Å². The van der Waals surface area contributed by atoms with Crippen molar-refractivity contribution in [3.8, 4) is 5.75 Å². The van der Waals surface area contributed by atoms with Gasteiger partial charge in [0.1, 0.15) is 12.4 Å². The Hall–Kier alpha value is -0.580. The van der Waals surface area contributed by atoms with Crippen LogP contribution in [0.15, 0.2) is 5.38 Å². The van der Waals surface area contributed by atoms with E-state index in [4.69, 9.17) is 4.74 Å². The Balaban J connectivity index is 1.98. The third-order valence-corrected chi connectivity index (χ3v) is 4.28. The first-order valence-electron chi connectivity index (χ1n) is 5.46. The van der Waals surface area contributed by atoms with E-state index in [0.717, 1.165) is 43.7 Å². The van der Waals surface area contributed by atoms with Gasteiger partial charge in [-0.05, 0) is 19.3 Å². The van der Waals surface area contributed by atoms with E-state index in [9.17, 15) is 5.11 Å². The number of hydrogen-bond acceptors (Lipinski definition) is 4. The van der Waals surface area contributed by atoms with Crippen molar-refractivity contribution in [2.24, 2.45) is 0 Å². The summed E-state index contributed by atoms with van der Waals surface area (Å²) in [7, 11) is 0. The number of rotatable bonds is 1. The van der Waals surface area contributed by atoms with Gasteiger partial charge in [-0.2, -0.15) is 0 Å². The molecule has 1 saturated carbocycles. The first-order chi connectivity index (χ1) is 7.30. The van der Waals surface area contributed by atoms with Crippen LogP contribution in [-0.4, -0.2) is 18.3 Å². The Kier molecular flexibility index (Phi) is 2.23. The van der Waals surface area contributed by atoms with Crippen molar-refractivity contribution in [1.82, 2.24) is 5.32 Å². The fourth-order valence-electron chi connectivity index (χ4n) is 2.20. The summed E-state index contributed by atoms with van der Waals surface area (Å²) in [6.45, 7) is 2.46. The van der Waals surface area contributed by atoms with Gasteiger partial charge in [0.25, 0.3) is 0 Å². The van der Waals surface area contributed by atoms with Crippen molar-refractivity contribution in [3.05, 3.63) is 15.8 Å². The summed E-state index contributed by atoms with van der Waals surface area (Å²) < 4.78 is 5.73. The molecule has 3 rings (SSSR count). The van der Waals surface area contributed by atoms with Crippen molar-refractivity contribution in [3.63, 3.8) is 0 Å². The molecule has 1 aliphatic carbocycles. The highest BCUT2D eigenvalue weighted by Crippen LogP contribution is 2.48. The molecule has 0 saturated heterocycles. The van der Waals surface area contributed by atoms with Gasteiger partial charge in [0, 0.05) is 24.0 Å². The molecule has 1 aromatic rings. The van der Waals surface area contributed by atoms with Crippen molar-refractivity contribution >= 4 is 11.3 Å². The SMILES string of the molecule is OC1(c2csc3c2OCCNC3)CCC1. The zero-order valence-electron chi connectivity index (χ0n) is 8.58. The second-order valence-corrected chi connectivity index (χ2v) is 5.28. The van der Waals surface area contributed by atoms with Gasteiger partial charge >= 0.3 is 0 Å². The molecule has 0 radical (unpaired) electrons. The zero-order valence-corrected chi connectivity index (χ0v) is 9.40. The molecule has 2 aliphatic rings. The maximum atomic E-state index is 10.3. The van der Waals surface area contributed by atoms with E-state index in [2.05, 4.69) is 10.7 Å². The van der Waals surface area contributed by atoms with E-state index in [1.807, 2.05) is 0 Å². The Labute approximate surface area is 93.1 Å². The van der Waals surface area contributed by atoms with Crippen LogP contribution >= 0.6 is 11.3 Å². The average molecular weight is 225 g/mol. The van der Waals surface area contributed by atoms with Crippen LogP contribution in [0, 0.1) is 0 Å². The van der Waals surface area contributed by atoms with Crippen LogP contribution in [0.4, 0.5) is 0 Å². The molecule has 4 heteroatoms. The summed E-state index contributed by atoms with van der Waals surface area (Å²) in [4.78, 5) is 1.22. The number of hydrogen-bond donors (Lipinski definition) is 2. The van der Waals surface area contributed by atoms with Gasteiger partial charge in [-0.15, -0.1) is 11.3 Å². The molecule has 1 aromatic heterocycles. The van der Waals surface area contributed by atoms with Crippen molar-refractivity contribution in [1.29, 1.82) is 0 Å². The molecule has 15 heavy (non-hydrogen) atoms. The van der Waals surface area contributed by atoms with Crippen LogP contribution in [-0.2, 0) is 12.1 Å². The van der Waals surface area contributed by atoms with E-state index in [1.54, 1.807) is 11.3 Å². The first kappa shape index (κ1) is 9.63. The van der Waals surface area contributed by atoms with E-state index < -0.39 is 5.60 Å². The molecule has 0 aromatic carbocycles. The first-order valence-corrected chi connectivity index (χ1v) is 6.34. The quantitative estimate of drug-likeness (QED) is 0.763. The molecule has 0 atom stereocenters. The topological polar surface area (TPSA) is 41.5 Å². The minimum Gasteiger partial charge on any atom is -0.491 e. The molecule has 2 heterocycles. The molecule has 1 aliphatic heterocycles. The Morgan fingerprint density at radius 2 is 2.33 bits per heavy atom. The van der Waals surface area contributed by atoms with Gasteiger partial charge in [-0.3, -0.25) is 0 Å². The monoisotopic (exact) mass is 225 g/mol. The van der Waals surface area contributed by atoms with Crippen molar-refractivity contribution in [2.45, 2.75) is 31.4 Å². The predicted octanol–water partition coefficient (Wildman–Crippen LogP) is 1.60. The smallest absolute Gasteiger partial charge is 0.140 e. The van der Waals surface area contributed by atoms with E-state index in [0.29, 0.717) is 6.61 Å². The van der Waals surface area contributed by atoms with E-state index in [1.165, 1.54) is 4.88 Å². The molecule has 3 nitrogen and oxygen atoms in total. The number of thiophene rings is 1. The lowest BCUT2D eigenvalue weighted by molar-refractivity contribution is -0.0403. The van der Waals surface area contributed by atoms with Crippen LogP contribution in [0.25, 0.3) is 0 Å². The highest BCUT2D eigenvalue weighted by atomic mass is 32.1.